The number of hydrogen-bond donors (Lipinski definition) is 1. The number of carbonyl (C=O) groups excluding carboxylic acids is 1. The highest BCUT2D eigenvalue weighted by Crippen LogP contribution is 2.40. The average molecular weight is 471 g/mol. The van der Waals surface area contributed by atoms with E-state index in [4.69, 9.17) is 0 Å². The lowest BCUT2D eigenvalue weighted by Crippen LogP contribution is -2.36. The summed E-state index contributed by atoms with van der Waals surface area (Å²) >= 11 is 0. The molecule has 0 atom stereocenters. The Bertz CT molecular complexity index is 1580. The van der Waals surface area contributed by atoms with Crippen LogP contribution < -0.4 is 0 Å². The Hall–Kier alpha value is -3.78. The van der Waals surface area contributed by atoms with Gasteiger partial charge in [0.2, 0.25) is 0 Å². The number of carbonyl (C=O) groups is 1. The Morgan fingerprint density at radius 3 is 2.62 bits per heavy atom. The van der Waals surface area contributed by atoms with Crippen molar-refractivity contribution in [2.24, 2.45) is 0 Å². The molecule has 1 amide bonds. The van der Waals surface area contributed by atoms with Crippen LogP contribution in [0.4, 0.5) is 0 Å². The van der Waals surface area contributed by atoms with Crippen LogP contribution in [-0.2, 0) is 15.6 Å². The smallest absolute Gasteiger partial charge is 0.257 e. The SMILES string of the molecule is O=C(c1cncc2cc[nH]c12)N1CCC(=C2c3ccccc3S(=O)(=O)Cc3ncccc32)CC1. The molecule has 0 spiro atoms. The second-order valence-electron chi connectivity index (χ2n) is 8.65. The van der Waals surface area contributed by atoms with E-state index in [-0.39, 0.29) is 11.7 Å². The molecule has 2 aliphatic rings. The zero-order chi connectivity index (χ0) is 23.3. The molecule has 2 aliphatic heterocycles. The molecule has 1 saturated heterocycles. The molecule has 1 N–H and O–H groups in total. The number of amides is 1. The molecule has 4 aromatic rings. The highest BCUT2D eigenvalue weighted by Gasteiger charge is 2.32. The van der Waals surface area contributed by atoms with Crippen molar-refractivity contribution in [2.45, 2.75) is 23.5 Å². The molecule has 170 valence electrons. The van der Waals surface area contributed by atoms with E-state index in [9.17, 15) is 13.2 Å². The fraction of sp³-hybridized carbons (Fsp3) is 0.192. The number of pyridine rings is 2. The van der Waals surface area contributed by atoms with Crippen LogP contribution >= 0.6 is 0 Å². The van der Waals surface area contributed by atoms with Gasteiger partial charge in [0.15, 0.2) is 9.84 Å². The van der Waals surface area contributed by atoms with Crippen molar-refractivity contribution in [3.63, 3.8) is 0 Å². The number of aromatic nitrogens is 3. The van der Waals surface area contributed by atoms with Gasteiger partial charge in [0, 0.05) is 54.4 Å². The van der Waals surface area contributed by atoms with Crippen molar-refractivity contribution in [2.75, 3.05) is 13.1 Å². The number of likely N-dealkylation sites (tertiary alicyclic amines) is 1. The maximum atomic E-state index is 13.3. The van der Waals surface area contributed by atoms with Gasteiger partial charge in [-0.2, -0.15) is 0 Å². The highest BCUT2D eigenvalue weighted by atomic mass is 32.2. The topological polar surface area (TPSA) is 96.0 Å². The van der Waals surface area contributed by atoms with Crippen molar-refractivity contribution in [1.82, 2.24) is 19.9 Å². The van der Waals surface area contributed by atoms with Crippen molar-refractivity contribution in [1.29, 1.82) is 0 Å². The summed E-state index contributed by atoms with van der Waals surface area (Å²) in [6, 6.07) is 12.9. The number of hydrogen-bond acceptors (Lipinski definition) is 5. The Morgan fingerprint density at radius 2 is 1.76 bits per heavy atom. The molecule has 6 rings (SSSR count). The Balaban J connectivity index is 1.39. The third-order valence-corrected chi connectivity index (χ3v) is 8.36. The van der Waals surface area contributed by atoms with E-state index < -0.39 is 9.84 Å². The van der Waals surface area contributed by atoms with Crippen molar-refractivity contribution < 1.29 is 13.2 Å². The van der Waals surface area contributed by atoms with Gasteiger partial charge in [-0.15, -0.1) is 0 Å². The third-order valence-electron chi connectivity index (χ3n) is 6.68. The molecule has 5 heterocycles. The summed E-state index contributed by atoms with van der Waals surface area (Å²) in [5.41, 5.74) is 5.63. The van der Waals surface area contributed by atoms with Crippen LogP contribution in [0, 0.1) is 0 Å². The summed E-state index contributed by atoms with van der Waals surface area (Å²) < 4.78 is 26.3. The molecular formula is C26H22N4O3S. The minimum Gasteiger partial charge on any atom is -0.360 e. The third kappa shape index (κ3) is 3.33. The first-order valence-corrected chi connectivity index (χ1v) is 12.9. The summed E-state index contributed by atoms with van der Waals surface area (Å²) in [7, 11) is -3.51. The monoisotopic (exact) mass is 470 g/mol. The minimum absolute atomic E-state index is 0.0458. The van der Waals surface area contributed by atoms with E-state index in [0.29, 0.717) is 42.1 Å². The van der Waals surface area contributed by atoms with Gasteiger partial charge >= 0.3 is 0 Å². The number of rotatable bonds is 1. The van der Waals surface area contributed by atoms with Gasteiger partial charge in [-0.25, -0.2) is 8.42 Å². The summed E-state index contributed by atoms with van der Waals surface area (Å²) in [5, 5.41) is 0.908. The van der Waals surface area contributed by atoms with Gasteiger partial charge in [-0.05, 0) is 36.6 Å². The number of fused-ring (bicyclic) bond motifs is 3. The molecule has 7 nitrogen and oxygen atoms in total. The van der Waals surface area contributed by atoms with E-state index in [0.717, 1.165) is 33.2 Å². The van der Waals surface area contributed by atoms with E-state index >= 15 is 0 Å². The molecule has 34 heavy (non-hydrogen) atoms. The quantitative estimate of drug-likeness (QED) is 0.454. The summed E-state index contributed by atoms with van der Waals surface area (Å²) in [6.07, 6.45) is 8.14. The summed E-state index contributed by atoms with van der Waals surface area (Å²) in [6.45, 7) is 1.11. The lowest BCUT2D eigenvalue weighted by atomic mass is 9.87. The zero-order valence-corrected chi connectivity index (χ0v) is 19.2. The fourth-order valence-corrected chi connectivity index (χ4v) is 6.59. The maximum absolute atomic E-state index is 13.3. The number of nitrogens with one attached hydrogen (secondary N) is 1. The second-order valence-corrected chi connectivity index (χ2v) is 10.6. The molecule has 1 fully saturated rings. The summed E-state index contributed by atoms with van der Waals surface area (Å²) in [5.74, 6) is -0.162. The van der Waals surface area contributed by atoms with Crippen molar-refractivity contribution >= 4 is 32.2 Å². The molecule has 0 aliphatic carbocycles. The number of nitrogens with zero attached hydrogens (tertiary/aromatic N) is 3. The van der Waals surface area contributed by atoms with Crippen LogP contribution in [0.15, 0.2) is 77.7 Å². The Morgan fingerprint density at radius 1 is 0.971 bits per heavy atom. The van der Waals surface area contributed by atoms with Crippen LogP contribution in [0.1, 0.15) is 40.0 Å². The van der Waals surface area contributed by atoms with Crippen molar-refractivity contribution in [3.8, 4) is 0 Å². The largest absolute Gasteiger partial charge is 0.360 e. The molecule has 0 unspecified atom stereocenters. The van der Waals surface area contributed by atoms with Gasteiger partial charge < -0.3 is 9.88 Å². The lowest BCUT2D eigenvalue weighted by Gasteiger charge is -2.30. The minimum atomic E-state index is -3.51. The normalized spacial score (nSPS) is 17.2. The summed E-state index contributed by atoms with van der Waals surface area (Å²) in [4.78, 5) is 27.3. The standard InChI is InChI=1S/C26H22N4O3S/c31-26(21-15-27-14-18-7-11-29-25(18)21)30-12-8-17(9-13-30)24-19-5-3-10-28-22(19)16-34(32,33)23-6-2-1-4-20(23)24/h1-7,10-11,14-15,29H,8-9,12-13,16H2. The first-order chi connectivity index (χ1) is 16.5. The molecule has 8 heteroatoms. The number of sulfone groups is 1. The van der Waals surface area contributed by atoms with Gasteiger partial charge in [-0.1, -0.05) is 29.8 Å². The molecule has 3 aromatic heterocycles. The predicted molar refractivity (Wildman–Crippen MR) is 129 cm³/mol. The van der Waals surface area contributed by atoms with E-state index in [1.165, 1.54) is 0 Å². The van der Waals surface area contributed by atoms with Crippen LogP contribution in [0.5, 0.6) is 0 Å². The molecule has 0 radical (unpaired) electrons. The maximum Gasteiger partial charge on any atom is 0.257 e. The van der Waals surface area contributed by atoms with E-state index in [1.54, 1.807) is 30.7 Å². The van der Waals surface area contributed by atoms with E-state index in [1.807, 2.05) is 41.4 Å². The van der Waals surface area contributed by atoms with Gasteiger partial charge in [0.25, 0.3) is 5.91 Å². The lowest BCUT2D eigenvalue weighted by molar-refractivity contribution is 0.0745. The van der Waals surface area contributed by atoms with Crippen molar-refractivity contribution in [3.05, 3.63) is 95.2 Å². The first kappa shape index (κ1) is 20.8. The van der Waals surface area contributed by atoms with Gasteiger partial charge in [0.1, 0.15) is 0 Å². The highest BCUT2D eigenvalue weighted by molar-refractivity contribution is 7.90. The van der Waals surface area contributed by atoms with Crippen LogP contribution in [0.2, 0.25) is 0 Å². The first-order valence-electron chi connectivity index (χ1n) is 11.2. The van der Waals surface area contributed by atoms with Crippen LogP contribution in [0.25, 0.3) is 16.5 Å². The zero-order valence-electron chi connectivity index (χ0n) is 18.4. The average Bonchev–Trinajstić information content (AvgIpc) is 3.31. The number of piperidine rings is 1. The molecular weight excluding hydrogens is 448 g/mol. The predicted octanol–water partition coefficient (Wildman–Crippen LogP) is 3.98. The molecule has 0 bridgehead atoms. The number of benzene rings is 1. The van der Waals surface area contributed by atoms with Gasteiger partial charge in [-0.3, -0.25) is 14.8 Å². The molecule has 0 saturated carbocycles. The Labute approximate surface area is 197 Å². The van der Waals surface area contributed by atoms with Gasteiger partial charge in [0.05, 0.1) is 27.4 Å². The van der Waals surface area contributed by atoms with Crippen LogP contribution in [-0.4, -0.2) is 47.3 Å². The fourth-order valence-electron chi connectivity index (χ4n) is 5.05. The Kier molecular flexibility index (Phi) is 4.84. The van der Waals surface area contributed by atoms with E-state index in [2.05, 4.69) is 15.0 Å². The number of H-pyrrole nitrogens is 1. The van der Waals surface area contributed by atoms with Crippen LogP contribution in [0.3, 0.4) is 0 Å². The number of aromatic amines is 1. The second kappa shape index (κ2) is 7.92. The molecule has 1 aromatic carbocycles.